The molecule has 2 rings (SSSR count). The number of nitrogens with one attached hydrogen (secondary N) is 1. The van der Waals surface area contributed by atoms with Crippen molar-refractivity contribution in [2.24, 2.45) is 5.73 Å². The molecule has 0 bridgehead atoms. The van der Waals surface area contributed by atoms with E-state index < -0.39 is 0 Å². The second-order valence-electron chi connectivity index (χ2n) is 4.74. The summed E-state index contributed by atoms with van der Waals surface area (Å²) in [6.07, 6.45) is 0. The maximum atomic E-state index is 11.5. The van der Waals surface area contributed by atoms with Crippen molar-refractivity contribution in [3.8, 4) is 0 Å². The van der Waals surface area contributed by atoms with E-state index in [0.29, 0.717) is 5.02 Å². The summed E-state index contributed by atoms with van der Waals surface area (Å²) >= 11 is 5.98. The molecule has 102 valence electrons. The molecule has 1 aliphatic rings. The largest absolute Gasteiger partial charge is 0.326 e. The van der Waals surface area contributed by atoms with Gasteiger partial charge >= 0.3 is 0 Å². The fourth-order valence-corrected chi connectivity index (χ4v) is 2.59. The van der Waals surface area contributed by atoms with Crippen LogP contribution < -0.4 is 11.1 Å². The van der Waals surface area contributed by atoms with Gasteiger partial charge < -0.3 is 5.73 Å². The zero-order chi connectivity index (χ0) is 14.0. The molecule has 0 aliphatic carbocycles. The summed E-state index contributed by atoms with van der Waals surface area (Å²) in [4.78, 5) is 24.7. The van der Waals surface area contributed by atoms with Gasteiger partial charge in [-0.1, -0.05) is 23.7 Å². The van der Waals surface area contributed by atoms with Crippen LogP contribution in [-0.2, 0) is 9.59 Å². The molecule has 2 unspecified atom stereocenters. The minimum atomic E-state index is -0.302. The molecule has 1 aliphatic heterocycles. The third-order valence-corrected chi connectivity index (χ3v) is 3.29. The minimum absolute atomic E-state index is 0.157. The monoisotopic (exact) mass is 281 g/mol. The molecule has 2 amide bonds. The molecule has 1 heterocycles. The first kappa shape index (κ1) is 14.0. The van der Waals surface area contributed by atoms with Crippen LogP contribution >= 0.6 is 11.6 Å². The van der Waals surface area contributed by atoms with Gasteiger partial charge in [0, 0.05) is 11.1 Å². The van der Waals surface area contributed by atoms with Crippen molar-refractivity contribution in [1.29, 1.82) is 0 Å². The summed E-state index contributed by atoms with van der Waals surface area (Å²) in [6, 6.07) is 6.88. The van der Waals surface area contributed by atoms with Gasteiger partial charge in [-0.25, -0.2) is 0 Å². The maximum Gasteiger partial charge on any atom is 0.240 e. The second-order valence-corrected chi connectivity index (χ2v) is 5.17. The van der Waals surface area contributed by atoms with Crippen molar-refractivity contribution in [1.82, 2.24) is 10.2 Å². The lowest BCUT2D eigenvalue weighted by molar-refractivity contribution is -0.137. The summed E-state index contributed by atoms with van der Waals surface area (Å²) in [5.41, 5.74) is 6.92. The van der Waals surface area contributed by atoms with Crippen LogP contribution in [0.25, 0.3) is 0 Å². The molecule has 1 aromatic rings. The maximum absolute atomic E-state index is 11.5. The predicted molar refractivity (Wildman–Crippen MR) is 72.6 cm³/mol. The Labute approximate surface area is 116 Å². The average Bonchev–Trinajstić information content (AvgIpc) is 2.27. The van der Waals surface area contributed by atoms with E-state index in [1.54, 1.807) is 11.0 Å². The Morgan fingerprint density at radius 2 is 1.95 bits per heavy atom. The Morgan fingerprint density at radius 1 is 1.32 bits per heavy atom. The predicted octanol–water partition coefficient (Wildman–Crippen LogP) is 0.687. The Morgan fingerprint density at radius 3 is 2.47 bits per heavy atom. The van der Waals surface area contributed by atoms with E-state index >= 15 is 0 Å². The summed E-state index contributed by atoms with van der Waals surface area (Å²) in [7, 11) is 0. The number of halogens is 1. The lowest BCUT2D eigenvalue weighted by atomic mass is 9.98. The van der Waals surface area contributed by atoms with Gasteiger partial charge in [-0.2, -0.15) is 0 Å². The van der Waals surface area contributed by atoms with Crippen molar-refractivity contribution < 1.29 is 9.59 Å². The normalized spacial score (nSPS) is 19.9. The number of imide groups is 1. The van der Waals surface area contributed by atoms with Gasteiger partial charge in [-0.15, -0.1) is 0 Å². The van der Waals surface area contributed by atoms with E-state index in [1.165, 1.54) is 0 Å². The van der Waals surface area contributed by atoms with Crippen molar-refractivity contribution in [2.45, 2.75) is 19.0 Å². The van der Waals surface area contributed by atoms with E-state index in [9.17, 15) is 9.59 Å². The van der Waals surface area contributed by atoms with E-state index in [1.807, 2.05) is 25.1 Å². The Balaban J connectivity index is 2.30. The number of nitrogens with two attached hydrogens (primary N) is 1. The zero-order valence-corrected chi connectivity index (χ0v) is 11.4. The van der Waals surface area contributed by atoms with Gasteiger partial charge in [0.2, 0.25) is 11.8 Å². The molecule has 2 atom stereocenters. The molecule has 1 saturated heterocycles. The van der Waals surface area contributed by atoms with Gasteiger partial charge in [0.05, 0.1) is 19.1 Å². The summed E-state index contributed by atoms with van der Waals surface area (Å²) < 4.78 is 0. The fourth-order valence-electron chi connectivity index (χ4n) is 2.39. The van der Waals surface area contributed by atoms with Gasteiger partial charge in [0.15, 0.2) is 0 Å². The van der Waals surface area contributed by atoms with Crippen molar-refractivity contribution in [2.75, 3.05) is 13.1 Å². The number of rotatable bonds is 3. The molecule has 0 spiro atoms. The lowest BCUT2D eigenvalue weighted by Crippen LogP contribution is -2.54. The highest BCUT2D eigenvalue weighted by Gasteiger charge is 2.31. The summed E-state index contributed by atoms with van der Waals surface area (Å²) in [5, 5.41) is 2.89. The molecule has 19 heavy (non-hydrogen) atoms. The second kappa shape index (κ2) is 5.69. The number of amides is 2. The lowest BCUT2D eigenvalue weighted by Gasteiger charge is -2.35. The first-order valence-corrected chi connectivity index (χ1v) is 6.43. The van der Waals surface area contributed by atoms with Crippen molar-refractivity contribution in [3.05, 3.63) is 34.9 Å². The van der Waals surface area contributed by atoms with Crippen LogP contribution in [0.2, 0.25) is 5.02 Å². The minimum Gasteiger partial charge on any atom is -0.326 e. The Hall–Kier alpha value is -1.43. The molecular weight excluding hydrogens is 266 g/mol. The van der Waals surface area contributed by atoms with Gasteiger partial charge in [0.1, 0.15) is 0 Å². The standard InChI is InChI=1S/C13H16ClN3O2/c1-8(15)13(9-3-2-4-10(14)5-9)17-6-11(18)16-12(19)7-17/h2-5,8,13H,6-7,15H2,1H3,(H,16,18,19). The van der Waals surface area contributed by atoms with Crippen LogP contribution in [0.15, 0.2) is 24.3 Å². The smallest absolute Gasteiger partial charge is 0.240 e. The molecular formula is C13H16ClN3O2. The molecule has 3 N–H and O–H groups in total. The number of piperazine rings is 1. The SMILES string of the molecule is CC(N)C(c1cccc(Cl)c1)N1CC(=O)NC(=O)C1. The Bertz CT molecular complexity index is 488. The topological polar surface area (TPSA) is 75.4 Å². The van der Waals surface area contributed by atoms with Crippen LogP contribution in [-0.4, -0.2) is 35.8 Å². The van der Waals surface area contributed by atoms with Crippen LogP contribution in [0, 0.1) is 0 Å². The van der Waals surface area contributed by atoms with Crippen LogP contribution in [0.4, 0.5) is 0 Å². The molecule has 1 fully saturated rings. The molecule has 0 radical (unpaired) electrons. The molecule has 0 saturated carbocycles. The van der Waals surface area contributed by atoms with Crippen LogP contribution in [0.3, 0.4) is 0 Å². The third kappa shape index (κ3) is 3.32. The number of hydrogen-bond acceptors (Lipinski definition) is 4. The highest BCUT2D eigenvalue weighted by Crippen LogP contribution is 2.26. The molecule has 0 aromatic heterocycles. The molecule has 5 nitrogen and oxygen atoms in total. The van der Waals surface area contributed by atoms with Gasteiger partial charge in [0.25, 0.3) is 0 Å². The van der Waals surface area contributed by atoms with E-state index in [-0.39, 0.29) is 37.0 Å². The quantitative estimate of drug-likeness (QED) is 0.799. The van der Waals surface area contributed by atoms with Crippen molar-refractivity contribution >= 4 is 23.4 Å². The number of nitrogens with zero attached hydrogens (tertiary/aromatic N) is 1. The number of carbonyl (C=O) groups excluding carboxylic acids is 2. The summed E-state index contributed by atoms with van der Waals surface area (Å²) in [6.45, 7) is 2.16. The van der Waals surface area contributed by atoms with Crippen LogP contribution in [0.1, 0.15) is 18.5 Å². The van der Waals surface area contributed by atoms with E-state index in [4.69, 9.17) is 17.3 Å². The Kier molecular flexibility index (Phi) is 4.19. The molecule has 1 aromatic carbocycles. The first-order chi connectivity index (χ1) is 8.97. The number of carbonyl (C=O) groups is 2. The first-order valence-electron chi connectivity index (χ1n) is 6.05. The zero-order valence-electron chi connectivity index (χ0n) is 10.6. The van der Waals surface area contributed by atoms with Gasteiger partial charge in [-0.05, 0) is 24.6 Å². The van der Waals surface area contributed by atoms with Crippen molar-refractivity contribution in [3.63, 3.8) is 0 Å². The fraction of sp³-hybridized carbons (Fsp3) is 0.385. The van der Waals surface area contributed by atoms with E-state index in [0.717, 1.165) is 5.56 Å². The highest BCUT2D eigenvalue weighted by atomic mass is 35.5. The highest BCUT2D eigenvalue weighted by molar-refractivity contribution is 6.30. The average molecular weight is 282 g/mol. The molecule has 6 heteroatoms. The third-order valence-electron chi connectivity index (χ3n) is 3.05. The number of hydrogen-bond donors (Lipinski definition) is 2. The van der Waals surface area contributed by atoms with Crippen LogP contribution in [0.5, 0.6) is 0 Å². The van der Waals surface area contributed by atoms with E-state index in [2.05, 4.69) is 5.32 Å². The van der Waals surface area contributed by atoms with Gasteiger partial charge in [-0.3, -0.25) is 19.8 Å². The number of benzene rings is 1. The summed E-state index contributed by atoms with van der Waals surface area (Å²) in [5.74, 6) is -0.604.